The van der Waals surface area contributed by atoms with Gasteiger partial charge in [0, 0.05) is 36.9 Å². The van der Waals surface area contributed by atoms with Gasteiger partial charge >= 0.3 is 0 Å². The number of nitrogens with zero attached hydrogens (tertiary/aromatic N) is 1. The smallest absolute Gasteiger partial charge is 0.141 e. The first-order valence-corrected chi connectivity index (χ1v) is 5.65. The molecule has 0 aromatic carbocycles. The van der Waals surface area contributed by atoms with Crippen LogP contribution in [-0.2, 0) is 11.3 Å². The number of rotatable bonds is 3. The van der Waals surface area contributed by atoms with Crippen LogP contribution in [-0.4, -0.2) is 25.3 Å². The van der Waals surface area contributed by atoms with Crippen molar-refractivity contribution in [3.05, 3.63) is 23.5 Å². The predicted octanol–water partition coefficient (Wildman–Crippen LogP) is 1.44. The van der Waals surface area contributed by atoms with Crippen molar-refractivity contribution in [1.82, 2.24) is 4.98 Å². The summed E-state index contributed by atoms with van der Waals surface area (Å²) in [5, 5.41) is 0. The third-order valence-corrected chi connectivity index (χ3v) is 3.05. The lowest BCUT2D eigenvalue weighted by Gasteiger charge is -2.22. The minimum Gasteiger partial charge on any atom is -0.495 e. The SMILES string of the molecule is COc1cnc(C2CCOCC2)cc1CN. The molecule has 2 rings (SSSR count). The average Bonchev–Trinajstić information content (AvgIpc) is 2.39. The van der Waals surface area contributed by atoms with Crippen molar-refractivity contribution in [1.29, 1.82) is 0 Å². The van der Waals surface area contributed by atoms with Crippen molar-refractivity contribution < 1.29 is 9.47 Å². The first kappa shape index (κ1) is 11.4. The minimum atomic E-state index is 0.488. The topological polar surface area (TPSA) is 57.4 Å². The molecule has 2 heterocycles. The van der Waals surface area contributed by atoms with Gasteiger partial charge in [-0.3, -0.25) is 4.98 Å². The fraction of sp³-hybridized carbons (Fsp3) is 0.583. The van der Waals surface area contributed by atoms with E-state index in [2.05, 4.69) is 11.1 Å². The molecule has 0 aliphatic carbocycles. The number of aromatic nitrogens is 1. The molecule has 1 saturated heterocycles. The zero-order chi connectivity index (χ0) is 11.4. The third kappa shape index (κ3) is 2.33. The van der Waals surface area contributed by atoms with Crippen LogP contribution < -0.4 is 10.5 Å². The normalized spacial score (nSPS) is 17.4. The first-order valence-electron chi connectivity index (χ1n) is 5.65. The van der Waals surface area contributed by atoms with Crippen LogP contribution in [0.1, 0.15) is 30.0 Å². The summed E-state index contributed by atoms with van der Waals surface area (Å²) in [5.74, 6) is 1.28. The van der Waals surface area contributed by atoms with Crippen LogP contribution in [0.2, 0.25) is 0 Å². The molecule has 0 bridgehead atoms. The van der Waals surface area contributed by atoms with Gasteiger partial charge in [0.2, 0.25) is 0 Å². The van der Waals surface area contributed by atoms with E-state index in [0.717, 1.165) is 43.1 Å². The summed E-state index contributed by atoms with van der Waals surface area (Å²) < 4.78 is 10.6. The van der Waals surface area contributed by atoms with Gasteiger partial charge in [0.15, 0.2) is 0 Å². The van der Waals surface area contributed by atoms with Crippen LogP contribution in [0.4, 0.5) is 0 Å². The highest BCUT2D eigenvalue weighted by Gasteiger charge is 2.18. The lowest BCUT2D eigenvalue weighted by Crippen LogP contribution is -2.15. The van der Waals surface area contributed by atoms with Crippen LogP contribution >= 0.6 is 0 Å². The highest BCUT2D eigenvalue weighted by Crippen LogP contribution is 2.28. The maximum absolute atomic E-state index is 5.69. The van der Waals surface area contributed by atoms with Crippen molar-refractivity contribution in [2.75, 3.05) is 20.3 Å². The van der Waals surface area contributed by atoms with Gasteiger partial charge in [0.1, 0.15) is 5.75 Å². The molecular weight excluding hydrogens is 204 g/mol. The Hall–Kier alpha value is -1.13. The van der Waals surface area contributed by atoms with E-state index < -0.39 is 0 Å². The van der Waals surface area contributed by atoms with Gasteiger partial charge in [-0.05, 0) is 18.9 Å². The van der Waals surface area contributed by atoms with E-state index in [9.17, 15) is 0 Å². The van der Waals surface area contributed by atoms with E-state index in [4.69, 9.17) is 15.2 Å². The molecule has 0 spiro atoms. The summed E-state index contributed by atoms with van der Waals surface area (Å²) in [6.45, 7) is 2.15. The first-order chi connectivity index (χ1) is 7.85. The molecule has 1 fully saturated rings. The summed E-state index contributed by atoms with van der Waals surface area (Å²) >= 11 is 0. The Morgan fingerprint density at radius 1 is 1.50 bits per heavy atom. The molecular formula is C12H18N2O2. The Balaban J connectivity index is 2.20. The van der Waals surface area contributed by atoms with Crippen LogP contribution in [0.5, 0.6) is 5.75 Å². The third-order valence-electron chi connectivity index (χ3n) is 3.05. The predicted molar refractivity (Wildman–Crippen MR) is 61.5 cm³/mol. The molecule has 0 radical (unpaired) electrons. The Kier molecular flexibility index (Phi) is 3.74. The molecule has 16 heavy (non-hydrogen) atoms. The molecule has 1 aromatic heterocycles. The summed E-state index contributed by atoms with van der Waals surface area (Å²) in [6.07, 6.45) is 3.86. The van der Waals surface area contributed by atoms with E-state index in [0.29, 0.717) is 12.5 Å². The number of hydrogen-bond donors (Lipinski definition) is 1. The molecule has 2 N–H and O–H groups in total. The van der Waals surface area contributed by atoms with Gasteiger partial charge in [-0.2, -0.15) is 0 Å². The molecule has 4 nitrogen and oxygen atoms in total. The number of nitrogens with two attached hydrogens (primary N) is 1. The van der Waals surface area contributed by atoms with Crippen molar-refractivity contribution >= 4 is 0 Å². The number of methoxy groups -OCH3 is 1. The summed E-state index contributed by atoms with van der Waals surface area (Å²) in [6, 6.07) is 2.06. The molecule has 0 saturated carbocycles. The second-order valence-corrected chi connectivity index (χ2v) is 4.01. The van der Waals surface area contributed by atoms with E-state index in [1.165, 1.54) is 0 Å². The fourth-order valence-electron chi connectivity index (χ4n) is 2.06. The molecule has 1 aliphatic rings. The van der Waals surface area contributed by atoms with Crippen molar-refractivity contribution in [2.24, 2.45) is 5.73 Å². The van der Waals surface area contributed by atoms with Gasteiger partial charge in [-0.15, -0.1) is 0 Å². The van der Waals surface area contributed by atoms with E-state index in [1.54, 1.807) is 13.3 Å². The molecule has 0 atom stereocenters. The summed E-state index contributed by atoms with van der Waals surface area (Å²) in [5.41, 5.74) is 7.83. The van der Waals surface area contributed by atoms with Gasteiger partial charge in [-0.1, -0.05) is 0 Å². The largest absolute Gasteiger partial charge is 0.495 e. The lowest BCUT2D eigenvalue weighted by molar-refractivity contribution is 0.0844. The molecule has 0 amide bonds. The zero-order valence-corrected chi connectivity index (χ0v) is 9.61. The number of hydrogen-bond acceptors (Lipinski definition) is 4. The second kappa shape index (κ2) is 5.27. The molecule has 1 aliphatic heterocycles. The van der Waals surface area contributed by atoms with Crippen molar-refractivity contribution in [2.45, 2.75) is 25.3 Å². The number of ether oxygens (including phenoxy) is 2. The maximum Gasteiger partial charge on any atom is 0.141 e. The zero-order valence-electron chi connectivity index (χ0n) is 9.61. The second-order valence-electron chi connectivity index (χ2n) is 4.01. The average molecular weight is 222 g/mol. The maximum atomic E-state index is 5.69. The molecule has 88 valence electrons. The van der Waals surface area contributed by atoms with Gasteiger partial charge in [0.05, 0.1) is 13.3 Å². The summed E-state index contributed by atoms with van der Waals surface area (Å²) in [7, 11) is 1.64. The van der Waals surface area contributed by atoms with E-state index in [1.807, 2.05) is 0 Å². The highest BCUT2D eigenvalue weighted by atomic mass is 16.5. The Bertz CT molecular complexity index is 349. The molecule has 1 aromatic rings. The van der Waals surface area contributed by atoms with E-state index in [-0.39, 0.29) is 0 Å². The molecule has 0 unspecified atom stereocenters. The van der Waals surface area contributed by atoms with Gasteiger partial charge in [-0.25, -0.2) is 0 Å². The van der Waals surface area contributed by atoms with Crippen molar-refractivity contribution in [3.63, 3.8) is 0 Å². The lowest BCUT2D eigenvalue weighted by atomic mass is 9.95. The standard InChI is InChI=1S/C12H18N2O2/c1-15-12-8-14-11(6-10(12)7-13)9-2-4-16-5-3-9/h6,8-9H,2-5,7,13H2,1H3. The van der Waals surface area contributed by atoms with E-state index >= 15 is 0 Å². The molecule has 4 heteroatoms. The summed E-state index contributed by atoms with van der Waals surface area (Å²) in [4.78, 5) is 4.45. The minimum absolute atomic E-state index is 0.488. The monoisotopic (exact) mass is 222 g/mol. The van der Waals surface area contributed by atoms with Gasteiger partial charge < -0.3 is 15.2 Å². The fourth-order valence-corrected chi connectivity index (χ4v) is 2.06. The Morgan fingerprint density at radius 3 is 2.88 bits per heavy atom. The highest BCUT2D eigenvalue weighted by molar-refractivity contribution is 5.33. The van der Waals surface area contributed by atoms with Crippen LogP contribution in [0.25, 0.3) is 0 Å². The quantitative estimate of drug-likeness (QED) is 0.840. The van der Waals surface area contributed by atoms with Crippen LogP contribution in [0.15, 0.2) is 12.3 Å². The Morgan fingerprint density at radius 2 is 2.25 bits per heavy atom. The van der Waals surface area contributed by atoms with Gasteiger partial charge in [0.25, 0.3) is 0 Å². The van der Waals surface area contributed by atoms with Crippen LogP contribution in [0, 0.1) is 0 Å². The van der Waals surface area contributed by atoms with Crippen molar-refractivity contribution in [3.8, 4) is 5.75 Å². The van der Waals surface area contributed by atoms with Crippen LogP contribution in [0.3, 0.4) is 0 Å². The number of pyridine rings is 1. The Labute approximate surface area is 95.8 Å².